The first-order valence-corrected chi connectivity index (χ1v) is 8.61. The summed E-state index contributed by atoms with van der Waals surface area (Å²) in [5.41, 5.74) is 8.85. The van der Waals surface area contributed by atoms with E-state index in [0.717, 1.165) is 19.3 Å². The maximum atomic E-state index is 11.7. The topological polar surface area (TPSA) is 78.1 Å². The molecular formula is C17H19N3O2S. The Bertz CT molecular complexity index is 721. The lowest BCUT2D eigenvalue weighted by atomic mass is 9.91. The summed E-state index contributed by atoms with van der Waals surface area (Å²) in [6.07, 6.45) is 4.82. The van der Waals surface area contributed by atoms with Gasteiger partial charge in [-0.1, -0.05) is 36.0 Å². The third kappa shape index (κ3) is 3.47. The number of nitrogens with two attached hydrogens (primary N) is 1. The molecule has 1 aliphatic rings. The molecule has 0 spiro atoms. The van der Waals surface area contributed by atoms with Crippen molar-refractivity contribution in [2.75, 3.05) is 12.3 Å². The van der Waals surface area contributed by atoms with Crippen molar-refractivity contribution in [2.24, 2.45) is 0 Å². The van der Waals surface area contributed by atoms with Crippen molar-refractivity contribution in [3.05, 3.63) is 47.2 Å². The SMILES string of the molecule is CCOC(=O)c1cnc(SC2CCCc3ccccc32)nc1N. The zero-order chi connectivity index (χ0) is 16.2. The van der Waals surface area contributed by atoms with E-state index in [1.165, 1.54) is 17.3 Å². The van der Waals surface area contributed by atoms with Gasteiger partial charge in [0.05, 0.1) is 6.61 Å². The molecule has 1 atom stereocenters. The number of carbonyl (C=O) groups is 1. The van der Waals surface area contributed by atoms with Gasteiger partial charge in [0, 0.05) is 11.4 Å². The third-order valence-corrected chi connectivity index (χ3v) is 5.04. The van der Waals surface area contributed by atoms with Crippen molar-refractivity contribution in [1.82, 2.24) is 9.97 Å². The Morgan fingerprint density at radius 1 is 1.43 bits per heavy atom. The van der Waals surface area contributed by atoms with Crippen LogP contribution in [0.5, 0.6) is 0 Å². The number of fused-ring (bicyclic) bond motifs is 1. The molecule has 2 aromatic rings. The van der Waals surface area contributed by atoms with E-state index < -0.39 is 5.97 Å². The van der Waals surface area contributed by atoms with E-state index in [1.54, 1.807) is 18.7 Å². The zero-order valence-electron chi connectivity index (χ0n) is 13.0. The van der Waals surface area contributed by atoms with Gasteiger partial charge in [0.1, 0.15) is 11.4 Å². The highest BCUT2D eigenvalue weighted by molar-refractivity contribution is 7.99. The predicted octanol–water partition coefficient (Wildman–Crippen LogP) is 3.41. The van der Waals surface area contributed by atoms with Crippen molar-refractivity contribution >= 4 is 23.5 Å². The molecule has 6 heteroatoms. The van der Waals surface area contributed by atoms with Gasteiger partial charge in [0.25, 0.3) is 0 Å². The number of thioether (sulfide) groups is 1. The molecule has 0 radical (unpaired) electrons. The largest absolute Gasteiger partial charge is 0.462 e. The Hall–Kier alpha value is -2.08. The van der Waals surface area contributed by atoms with Gasteiger partial charge in [-0.2, -0.15) is 0 Å². The smallest absolute Gasteiger partial charge is 0.343 e. The van der Waals surface area contributed by atoms with E-state index in [1.807, 2.05) is 0 Å². The van der Waals surface area contributed by atoms with Gasteiger partial charge in [-0.05, 0) is 37.3 Å². The number of rotatable bonds is 4. The van der Waals surface area contributed by atoms with Crippen LogP contribution in [0.2, 0.25) is 0 Å². The van der Waals surface area contributed by atoms with Crippen LogP contribution in [-0.4, -0.2) is 22.5 Å². The maximum Gasteiger partial charge on any atom is 0.343 e. The predicted molar refractivity (Wildman–Crippen MR) is 90.4 cm³/mol. The number of benzene rings is 1. The van der Waals surface area contributed by atoms with Crippen LogP contribution in [0.1, 0.15) is 46.5 Å². The zero-order valence-corrected chi connectivity index (χ0v) is 13.8. The molecule has 0 saturated heterocycles. The van der Waals surface area contributed by atoms with E-state index in [0.29, 0.717) is 17.0 Å². The minimum Gasteiger partial charge on any atom is -0.462 e. The fraction of sp³-hybridized carbons (Fsp3) is 0.353. The summed E-state index contributed by atoms with van der Waals surface area (Å²) in [6.45, 7) is 2.05. The van der Waals surface area contributed by atoms with E-state index in [4.69, 9.17) is 10.5 Å². The second-order valence-corrected chi connectivity index (χ2v) is 6.54. The minimum atomic E-state index is -0.482. The van der Waals surface area contributed by atoms with Gasteiger partial charge in [-0.15, -0.1) is 0 Å². The Labute approximate surface area is 139 Å². The monoisotopic (exact) mass is 329 g/mol. The summed E-state index contributed by atoms with van der Waals surface area (Å²) in [5.74, 6) is -0.311. The van der Waals surface area contributed by atoms with Gasteiger partial charge in [0.2, 0.25) is 0 Å². The molecule has 5 nitrogen and oxygen atoms in total. The molecule has 1 aromatic carbocycles. The Kier molecular flexibility index (Phi) is 4.81. The number of carbonyl (C=O) groups excluding carboxylic acids is 1. The molecule has 0 aliphatic heterocycles. The number of nitrogen functional groups attached to an aromatic ring is 1. The third-order valence-electron chi connectivity index (χ3n) is 3.85. The lowest BCUT2D eigenvalue weighted by Crippen LogP contribution is -2.11. The van der Waals surface area contributed by atoms with Crippen LogP contribution in [0.3, 0.4) is 0 Å². The van der Waals surface area contributed by atoms with Gasteiger partial charge in [-0.3, -0.25) is 0 Å². The number of anilines is 1. The van der Waals surface area contributed by atoms with Gasteiger partial charge < -0.3 is 10.5 Å². The van der Waals surface area contributed by atoms with Crippen molar-refractivity contribution in [3.63, 3.8) is 0 Å². The highest BCUT2D eigenvalue weighted by Crippen LogP contribution is 2.42. The van der Waals surface area contributed by atoms with Crippen LogP contribution in [0.4, 0.5) is 5.82 Å². The van der Waals surface area contributed by atoms with Crippen LogP contribution in [0, 0.1) is 0 Å². The Morgan fingerprint density at radius 3 is 3.04 bits per heavy atom. The first-order valence-electron chi connectivity index (χ1n) is 7.73. The number of aryl methyl sites for hydroxylation is 1. The van der Waals surface area contributed by atoms with Crippen molar-refractivity contribution in [1.29, 1.82) is 0 Å². The average Bonchev–Trinajstić information content (AvgIpc) is 2.55. The normalized spacial score (nSPS) is 16.7. The first-order chi connectivity index (χ1) is 11.2. The fourth-order valence-electron chi connectivity index (χ4n) is 2.76. The van der Waals surface area contributed by atoms with E-state index in [-0.39, 0.29) is 11.4 Å². The molecular weight excluding hydrogens is 310 g/mol. The first kappa shape index (κ1) is 15.8. The highest BCUT2D eigenvalue weighted by atomic mass is 32.2. The molecule has 0 amide bonds. The summed E-state index contributed by atoms with van der Waals surface area (Å²) in [7, 11) is 0. The van der Waals surface area contributed by atoms with Crippen LogP contribution < -0.4 is 5.73 Å². The quantitative estimate of drug-likeness (QED) is 0.684. The maximum absolute atomic E-state index is 11.7. The number of ether oxygens (including phenoxy) is 1. The summed E-state index contributed by atoms with van der Waals surface area (Å²) in [6, 6.07) is 8.49. The van der Waals surface area contributed by atoms with E-state index in [2.05, 4.69) is 34.2 Å². The van der Waals surface area contributed by atoms with Crippen molar-refractivity contribution in [3.8, 4) is 0 Å². The average molecular weight is 329 g/mol. The van der Waals surface area contributed by atoms with Crippen LogP contribution in [0.15, 0.2) is 35.6 Å². The van der Waals surface area contributed by atoms with Crippen LogP contribution in [-0.2, 0) is 11.2 Å². The summed E-state index contributed by atoms with van der Waals surface area (Å²) in [5, 5.41) is 0.921. The Morgan fingerprint density at radius 2 is 2.26 bits per heavy atom. The molecule has 1 unspecified atom stereocenters. The van der Waals surface area contributed by atoms with Crippen LogP contribution >= 0.6 is 11.8 Å². The number of nitrogens with zero attached hydrogens (tertiary/aromatic N) is 2. The highest BCUT2D eigenvalue weighted by Gasteiger charge is 2.22. The second-order valence-electron chi connectivity index (χ2n) is 5.37. The lowest BCUT2D eigenvalue weighted by Gasteiger charge is -2.24. The summed E-state index contributed by atoms with van der Waals surface area (Å²) >= 11 is 1.60. The number of hydrogen-bond acceptors (Lipinski definition) is 6. The molecule has 2 N–H and O–H groups in total. The molecule has 1 aliphatic carbocycles. The molecule has 1 heterocycles. The molecule has 1 aromatic heterocycles. The molecule has 120 valence electrons. The Balaban J connectivity index is 1.79. The number of esters is 1. The number of aromatic nitrogens is 2. The molecule has 0 saturated carbocycles. The molecule has 0 bridgehead atoms. The van der Waals surface area contributed by atoms with Gasteiger partial charge >= 0.3 is 5.97 Å². The molecule has 23 heavy (non-hydrogen) atoms. The number of hydrogen-bond donors (Lipinski definition) is 1. The van der Waals surface area contributed by atoms with Crippen LogP contribution in [0.25, 0.3) is 0 Å². The molecule has 3 rings (SSSR count). The van der Waals surface area contributed by atoms with Crippen molar-refractivity contribution in [2.45, 2.75) is 36.6 Å². The second kappa shape index (κ2) is 7.00. The standard InChI is InChI=1S/C17H19N3O2S/c1-2-22-16(21)13-10-19-17(20-15(13)18)23-14-9-5-7-11-6-3-4-8-12(11)14/h3-4,6,8,10,14H,2,5,7,9H2,1H3,(H2,18,19,20). The lowest BCUT2D eigenvalue weighted by molar-refractivity contribution is 0.0526. The summed E-state index contributed by atoms with van der Waals surface area (Å²) < 4.78 is 4.94. The summed E-state index contributed by atoms with van der Waals surface area (Å²) in [4.78, 5) is 20.3. The minimum absolute atomic E-state index is 0.171. The van der Waals surface area contributed by atoms with Crippen molar-refractivity contribution < 1.29 is 9.53 Å². The van der Waals surface area contributed by atoms with E-state index >= 15 is 0 Å². The molecule has 0 fully saturated rings. The van der Waals surface area contributed by atoms with E-state index in [9.17, 15) is 4.79 Å². The van der Waals surface area contributed by atoms with Gasteiger partial charge in [0.15, 0.2) is 5.16 Å². The van der Waals surface area contributed by atoms with Gasteiger partial charge in [-0.25, -0.2) is 14.8 Å². The fourth-order valence-corrected chi connectivity index (χ4v) is 3.92.